The van der Waals surface area contributed by atoms with Crippen LogP contribution in [-0.4, -0.2) is 73.3 Å². The van der Waals surface area contributed by atoms with Crippen LogP contribution in [0.2, 0.25) is 5.15 Å². The fraction of sp³-hybridized carbons (Fsp3) is 0.343. The molecular formula is C67H80ClF4N11O3. The van der Waals surface area contributed by atoms with E-state index in [0.29, 0.717) is 40.2 Å². The molecule has 0 N–H and O–H groups in total. The van der Waals surface area contributed by atoms with Gasteiger partial charge in [-0.2, -0.15) is 0 Å². The van der Waals surface area contributed by atoms with Crippen LogP contribution < -0.4 is 14.2 Å². The second-order valence-electron chi connectivity index (χ2n) is 22.3. The molecule has 0 atom stereocenters. The first-order valence-corrected chi connectivity index (χ1v) is 28.8. The SMILES string of the molecule is COc1cc(C(C)C)ccc1-n1cnc(C)c1.COc1cc(C(C)C)ccc1-n1cnc(C)c1Cl.Cc1cn(-c2ccc(C(C)C)cc2F)cn1.Cc1cn(-c2ccc(C(C)C)cc2OC(F)(F)F)cn1.Cc1cn(-c2ccc(C(C)C)cn2)cn1. The van der Waals surface area contributed by atoms with E-state index in [1.54, 1.807) is 75.2 Å². The van der Waals surface area contributed by atoms with Crippen LogP contribution in [-0.2, 0) is 0 Å². The zero-order valence-corrected chi connectivity index (χ0v) is 53.0. The summed E-state index contributed by atoms with van der Waals surface area (Å²) in [6, 6.07) is 26.8. The maximum absolute atomic E-state index is 13.9. The van der Waals surface area contributed by atoms with Gasteiger partial charge >= 0.3 is 6.36 Å². The number of hydrogen-bond donors (Lipinski definition) is 0. The van der Waals surface area contributed by atoms with Crippen LogP contribution in [0.5, 0.6) is 17.2 Å². The molecule has 4 aromatic carbocycles. The molecule has 456 valence electrons. The maximum atomic E-state index is 13.9. The van der Waals surface area contributed by atoms with Gasteiger partial charge in [0.2, 0.25) is 0 Å². The van der Waals surface area contributed by atoms with Gasteiger partial charge in [-0.3, -0.25) is 9.13 Å². The minimum atomic E-state index is -4.72. The van der Waals surface area contributed by atoms with Crippen LogP contribution in [0.4, 0.5) is 17.6 Å². The van der Waals surface area contributed by atoms with Crippen molar-refractivity contribution in [1.29, 1.82) is 0 Å². The highest BCUT2D eigenvalue weighted by molar-refractivity contribution is 6.30. The van der Waals surface area contributed by atoms with Crippen molar-refractivity contribution < 1.29 is 31.8 Å². The summed E-state index contributed by atoms with van der Waals surface area (Å²) < 4.78 is 75.4. The molecule has 0 bridgehead atoms. The minimum Gasteiger partial charge on any atom is -0.495 e. The predicted molar refractivity (Wildman–Crippen MR) is 335 cm³/mol. The van der Waals surface area contributed by atoms with Crippen molar-refractivity contribution in [3.05, 3.63) is 215 Å². The van der Waals surface area contributed by atoms with Gasteiger partial charge in [0.25, 0.3) is 0 Å². The van der Waals surface area contributed by atoms with Crippen LogP contribution in [0.15, 0.2) is 148 Å². The van der Waals surface area contributed by atoms with Gasteiger partial charge in [0.1, 0.15) is 40.9 Å². The number of halogens is 5. The first-order valence-electron chi connectivity index (χ1n) is 28.4. The van der Waals surface area contributed by atoms with Gasteiger partial charge in [0.15, 0.2) is 5.75 Å². The van der Waals surface area contributed by atoms with E-state index < -0.39 is 6.36 Å². The molecule has 0 saturated carbocycles. The second kappa shape index (κ2) is 30.0. The molecule has 0 aliphatic heterocycles. The van der Waals surface area contributed by atoms with Crippen molar-refractivity contribution in [1.82, 2.24) is 52.7 Å². The lowest BCUT2D eigenvalue weighted by Crippen LogP contribution is -2.18. The summed E-state index contributed by atoms with van der Waals surface area (Å²) in [7, 11) is 3.37. The van der Waals surface area contributed by atoms with Crippen LogP contribution in [0.3, 0.4) is 0 Å². The fourth-order valence-electron chi connectivity index (χ4n) is 8.61. The zero-order valence-electron chi connectivity index (χ0n) is 52.3. The van der Waals surface area contributed by atoms with Crippen molar-refractivity contribution in [3.8, 4) is 45.8 Å². The molecule has 0 amide bonds. The summed E-state index contributed by atoms with van der Waals surface area (Å²) in [5.41, 5.74) is 12.8. The topological polar surface area (TPSA) is 130 Å². The quantitative estimate of drug-likeness (QED) is 0.104. The van der Waals surface area contributed by atoms with Crippen molar-refractivity contribution in [2.24, 2.45) is 0 Å². The lowest BCUT2D eigenvalue weighted by atomic mass is 10.0. The van der Waals surface area contributed by atoms with E-state index in [4.69, 9.17) is 21.1 Å². The van der Waals surface area contributed by atoms with E-state index in [1.807, 2.05) is 111 Å². The first kappa shape index (κ1) is 66.6. The molecule has 0 radical (unpaired) electrons. The van der Waals surface area contributed by atoms with E-state index in [2.05, 4.69) is 120 Å². The molecule has 10 rings (SSSR count). The van der Waals surface area contributed by atoms with Gasteiger partial charge in [-0.1, -0.05) is 111 Å². The van der Waals surface area contributed by atoms with E-state index in [9.17, 15) is 17.6 Å². The third-order valence-electron chi connectivity index (χ3n) is 13.8. The third kappa shape index (κ3) is 18.3. The lowest BCUT2D eigenvalue weighted by Gasteiger charge is -2.16. The zero-order chi connectivity index (χ0) is 63.2. The van der Waals surface area contributed by atoms with Gasteiger partial charge in [-0.05, 0) is 147 Å². The molecule has 86 heavy (non-hydrogen) atoms. The average Bonchev–Trinajstić information content (AvgIpc) is 3.53. The first-order chi connectivity index (χ1) is 40.7. The molecule has 0 aliphatic carbocycles. The number of hydrogen-bond acceptors (Lipinski definition) is 9. The minimum absolute atomic E-state index is 0.115. The van der Waals surface area contributed by atoms with Crippen LogP contribution in [0, 0.1) is 40.4 Å². The highest BCUT2D eigenvalue weighted by Crippen LogP contribution is 2.34. The van der Waals surface area contributed by atoms with Crippen molar-refractivity contribution in [2.75, 3.05) is 14.2 Å². The number of alkyl halides is 3. The Bertz CT molecular complexity index is 3760. The van der Waals surface area contributed by atoms with Crippen molar-refractivity contribution in [3.63, 3.8) is 0 Å². The Morgan fingerprint density at radius 3 is 1.13 bits per heavy atom. The lowest BCUT2D eigenvalue weighted by molar-refractivity contribution is -0.274. The standard InChI is InChI=1S/C14H17ClN2O.C14H15F3N2O.C14H18N2O.C13H15FN2.C12H15N3/c1-9(2)11-5-6-12(13(7-11)18-4)17-8-16-10(3)14(17)15;1-9(2)11-4-5-12(19-7-10(3)18-8-19)13(6-11)20-14(15,16)17;1-10(2)12-5-6-13(14(7-12)17-4)16-8-11(3)15-9-16;1-9(2)11-4-5-13(12(14)6-11)16-7-10(3)15-8-16;1-9(2)11-4-5-12(13-6-11)15-7-10(3)14-8-15/h5-9H,1-4H3;4-9H,1-3H3;5-10H,1-4H3;4-9H,1-3H3;4-9H,1-3H3. The monoisotopic (exact) mass is 1200 g/mol. The Morgan fingerprint density at radius 1 is 0.419 bits per heavy atom. The van der Waals surface area contributed by atoms with Gasteiger partial charge in [-0.25, -0.2) is 34.3 Å². The smallest absolute Gasteiger partial charge is 0.495 e. The number of ether oxygens (including phenoxy) is 3. The Labute approximate surface area is 508 Å². The van der Waals surface area contributed by atoms with Gasteiger partial charge in [0, 0.05) is 31.0 Å². The molecular weight excluding hydrogens is 1120 g/mol. The molecule has 14 nitrogen and oxygen atoms in total. The highest BCUT2D eigenvalue weighted by Gasteiger charge is 2.32. The Morgan fingerprint density at radius 2 is 0.779 bits per heavy atom. The van der Waals surface area contributed by atoms with Crippen molar-refractivity contribution >= 4 is 11.6 Å². The van der Waals surface area contributed by atoms with E-state index in [0.717, 1.165) is 68.3 Å². The number of methoxy groups -OCH3 is 2. The Balaban J connectivity index is 0.000000172. The highest BCUT2D eigenvalue weighted by atomic mass is 35.5. The van der Waals surface area contributed by atoms with Gasteiger partial charge in [0.05, 0.1) is 84.4 Å². The largest absolute Gasteiger partial charge is 0.573 e. The second-order valence-corrected chi connectivity index (χ2v) is 22.6. The van der Waals surface area contributed by atoms with Gasteiger partial charge in [-0.15, -0.1) is 13.2 Å². The summed E-state index contributed by atoms with van der Waals surface area (Å²) >= 11 is 6.22. The van der Waals surface area contributed by atoms with Crippen LogP contribution in [0.1, 0.15) is 155 Å². The molecule has 19 heteroatoms. The summed E-state index contributed by atoms with van der Waals surface area (Å²) in [5.74, 6) is 4.13. The Kier molecular flexibility index (Phi) is 23.3. The molecule has 0 saturated heterocycles. The number of aryl methyl sites for hydroxylation is 5. The molecule has 6 aromatic heterocycles. The number of imidazole rings is 5. The summed E-state index contributed by atoms with van der Waals surface area (Å²) in [6.45, 7) is 30.4. The molecule has 0 fully saturated rings. The van der Waals surface area contributed by atoms with Crippen LogP contribution >= 0.6 is 11.6 Å². The maximum Gasteiger partial charge on any atom is 0.573 e. The molecule has 0 aliphatic rings. The number of nitrogens with zero attached hydrogens (tertiary/aromatic N) is 11. The molecule has 10 aromatic rings. The average molecular weight is 1200 g/mol. The number of benzene rings is 4. The Hall–Kier alpha value is -8.51. The van der Waals surface area contributed by atoms with E-state index >= 15 is 0 Å². The van der Waals surface area contributed by atoms with Crippen LogP contribution in [0.25, 0.3) is 28.6 Å². The van der Waals surface area contributed by atoms with Gasteiger partial charge < -0.3 is 27.9 Å². The predicted octanol–water partition coefficient (Wildman–Crippen LogP) is 17.6. The summed E-state index contributed by atoms with van der Waals surface area (Å²) in [6.07, 6.45) is 13.0. The normalized spacial score (nSPS) is 11.2. The summed E-state index contributed by atoms with van der Waals surface area (Å²) in [5, 5.41) is 0.616. The molecule has 0 spiro atoms. The van der Waals surface area contributed by atoms with Crippen molar-refractivity contribution in [2.45, 2.75) is 140 Å². The number of rotatable bonds is 13. The number of aromatic nitrogens is 11. The summed E-state index contributed by atoms with van der Waals surface area (Å²) in [4.78, 5) is 25.1. The molecule has 6 heterocycles. The number of pyridine rings is 1. The van der Waals surface area contributed by atoms with E-state index in [1.165, 1.54) is 33.7 Å². The fourth-order valence-corrected chi connectivity index (χ4v) is 8.79. The third-order valence-corrected chi connectivity index (χ3v) is 14.2. The molecule has 0 unspecified atom stereocenters. The van der Waals surface area contributed by atoms with E-state index in [-0.39, 0.29) is 17.5 Å².